The molecule has 1 aromatic heterocycles. The number of hydrogen-bond acceptors (Lipinski definition) is 5. The van der Waals surface area contributed by atoms with Gasteiger partial charge in [0.2, 0.25) is 0 Å². The lowest BCUT2D eigenvalue weighted by Gasteiger charge is -2.26. The third-order valence-corrected chi connectivity index (χ3v) is 4.48. The van der Waals surface area contributed by atoms with Crippen LogP contribution < -0.4 is 10.6 Å². The third-order valence-electron chi connectivity index (χ3n) is 4.23. The van der Waals surface area contributed by atoms with Crippen LogP contribution in [0.4, 0.5) is 5.69 Å². The second kappa shape index (κ2) is 9.52. The zero-order valence-electron chi connectivity index (χ0n) is 14.6. The van der Waals surface area contributed by atoms with Gasteiger partial charge < -0.3 is 15.4 Å². The standard InChI is InChI=1S/C19H23ClN4O2/c20-17-3-1-15(2-4-17)12-23-19(25)16-11-18(14-21-13-16)22-5-6-24-7-9-26-10-8-24/h1-4,11,13-14,22H,5-10,12H2,(H,23,25). The molecule has 0 atom stereocenters. The summed E-state index contributed by atoms with van der Waals surface area (Å²) in [6.07, 6.45) is 3.31. The number of amides is 1. The van der Waals surface area contributed by atoms with Gasteiger partial charge >= 0.3 is 0 Å². The van der Waals surface area contributed by atoms with E-state index in [0.717, 1.165) is 50.6 Å². The van der Waals surface area contributed by atoms with Gasteiger partial charge in [0, 0.05) is 50.1 Å². The number of aromatic nitrogens is 1. The number of nitrogens with zero attached hydrogens (tertiary/aromatic N) is 2. The van der Waals surface area contributed by atoms with Crippen LogP contribution in [0.15, 0.2) is 42.7 Å². The Hall–Kier alpha value is -2.15. The van der Waals surface area contributed by atoms with E-state index < -0.39 is 0 Å². The highest BCUT2D eigenvalue weighted by Gasteiger charge is 2.10. The second-order valence-corrected chi connectivity index (χ2v) is 6.59. The van der Waals surface area contributed by atoms with Crippen molar-refractivity contribution >= 4 is 23.2 Å². The number of pyridine rings is 1. The lowest BCUT2D eigenvalue weighted by molar-refractivity contribution is 0.0398. The molecular formula is C19H23ClN4O2. The maximum Gasteiger partial charge on any atom is 0.253 e. The summed E-state index contributed by atoms with van der Waals surface area (Å²) in [6, 6.07) is 9.23. The Labute approximate surface area is 158 Å². The summed E-state index contributed by atoms with van der Waals surface area (Å²) in [7, 11) is 0. The summed E-state index contributed by atoms with van der Waals surface area (Å²) < 4.78 is 5.34. The quantitative estimate of drug-likeness (QED) is 0.779. The second-order valence-electron chi connectivity index (χ2n) is 6.15. The average Bonchev–Trinajstić information content (AvgIpc) is 2.68. The third kappa shape index (κ3) is 5.69. The molecule has 1 aliphatic rings. The first kappa shape index (κ1) is 18.6. The highest BCUT2D eigenvalue weighted by Crippen LogP contribution is 2.11. The summed E-state index contributed by atoms with van der Waals surface area (Å²) in [6.45, 7) is 5.72. The van der Waals surface area contributed by atoms with Crippen molar-refractivity contribution < 1.29 is 9.53 Å². The Balaban J connectivity index is 1.47. The zero-order chi connectivity index (χ0) is 18.2. The maximum atomic E-state index is 12.3. The first-order chi connectivity index (χ1) is 12.7. The number of rotatable bonds is 7. The van der Waals surface area contributed by atoms with Gasteiger partial charge in [0.05, 0.1) is 24.5 Å². The Kier molecular flexibility index (Phi) is 6.82. The van der Waals surface area contributed by atoms with E-state index in [0.29, 0.717) is 17.1 Å². The maximum absolute atomic E-state index is 12.3. The number of carbonyl (C=O) groups excluding carboxylic acids is 1. The van der Waals surface area contributed by atoms with Gasteiger partial charge in [-0.3, -0.25) is 14.7 Å². The van der Waals surface area contributed by atoms with Crippen molar-refractivity contribution in [3.8, 4) is 0 Å². The molecule has 7 heteroatoms. The smallest absolute Gasteiger partial charge is 0.253 e. The van der Waals surface area contributed by atoms with Gasteiger partial charge in [-0.15, -0.1) is 0 Å². The molecule has 2 N–H and O–H groups in total. The molecule has 3 rings (SSSR count). The Morgan fingerprint density at radius 1 is 1.19 bits per heavy atom. The number of hydrogen-bond donors (Lipinski definition) is 2. The van der Waals surface area contributed by atoms with E-state index >= 15 is 0 Å². The summed E-state index contributed by atoms with van der Waals surface area (Å²) in [5, 5.41) is 6.91. The summed E-state index contributed by atoms with van der Waals surface area (Å²) in [5.41, 5.74) is 2.38. The molecule has 1 saturated heterocycles. The van der Waals surface area contributed by atoms with Crippen LogP contribution >= 0.6 is 11.6 Å². The Morgan fingerprint density at radius 3 is 2.73 bits per heavy atom. The van der Waals surface area contributed by atoms with Gasteiger partial charge in [-0.1, -0.05) is 23.7 Å². The van der Waals surface area contributed by atoms with Gasteiger partial charge in [-0.25, -0.2) is 0 Å². The van der Waals surface area contributed by atoms with Crippen molar-refractivity contribution in [1.82, 2.24) is 15.2 Å². The van der Waals surface area contributed by atoms with E-state index in [4.69, 9.17) is 16.3 Å². The minimum Gasteiger partial charge on any atom is -0.382 e. The number of anilines is 1. The topological polar surface area (TPSA) is 66.5 Å². The molecule has 1 aromatic carbocycles. The Bertz CT molecular complexity index is 718. The van der Waals surface area contributed by atoms with Gasteiger partial charge in [0.1, 0.15) is 0 Å². The normalized spacial score (nSPS) is 14.8. The molecule has 26 heavy (non-hydrogen) atoms. The number of morpholine rings is 1. The molecule has 1 aliphatic heterocycles. The lowest BCUT2D eigenvalue weighted by Crippen LogP contribution is -2.39. The van der Waals surface area contributed by atoms with E-state index in [9.17, 15) is 4.79 Å². The highest BCUT2D eigenvalue weighted by atomic mass is 35.5. The van der Waals surface area contributed by atoms with Crippen molar-refractivity contribution in [1.29, 1.82) is 0 Å². The number of benzene rings is 1. The predicted molar refractivity (Wildman–Crippen MR) is 103 cm³/mol. The average molecular weight is 375 g/mol. The molecule has 6 nitrogen and oxygen atoms in total. The Morgan fingerprint density at radius 2 is 1.96 bits per heavy atom. The minimum absolute atomic E-state index is 0.149. The van der Waals surface area contributed by atoms with Gasteiger partial charge in [0.25, 0.3) is 5.91 Å². The number of halogens is 1. The zero-order valence-corrected chi connectivity index (χ0v) is 15.3. The van der Waals surface area contributed by atoms with E-state index in [1.807, 2.05) is 30.3 Å². The van der Waals surface area contributed by atoms with Crippen LogP contribution in [0.5, 0.6) is 0 Å². The first-order valence-electron chi connectivity index (χ1n) is 8.72. The van der Waals surface area contributed by atoms with Gasteiger partial charge in [-0.05, 0) is 23.8 Å². The fourth-order valence-corrected chi connectivity index (χ4v) is 2.86. The van der Waals surface area contributed by atoms with Crippen LogP contribution in [-0.4, -0.2) is 55.2 Å². The molecule has 2 aromatic rings. The summed E-state index contributed by atoms with van der Waals surface area (Å²) in [5.74, 6) is -0.149. The van der Waals surface area contributed by atoms with Crippen LogP contribution in [0, 0.1) is 0 Å². The molecule has 0 aliphatic carbocycles. The lowest BCUT2D eigenvalue weighted by atomic mass is 10.2. The van der Waals surface area contributed by atoms with Gasteiger partial charge in [-0.2, -0.15) is 0 Å². The van der Waals surface area contributed by atoms with Crippen LogP contribution in [0.3, 0.4) is 0 Å². The SMILES string of the molecule is O=C(NCc1ccc(Cl)cc1)c1cncc(NCCN2CCOCC2)c1. The van der Waals surface area contributed by atoms with Crippen molar-refractivity contribution in [2.75, 3.05) is 44.7 Å². The van der Waals surface area contributed by atoms with E-state index in [1.165, 1.54) is 0 Å². The molecule has 1 fully saturated rings. The number of carbonyl (C=O) groups is 1. The van der Waals surface area contributed by atoms with Crippen molar-refractivity contribution in [3.05, 3.63) is 58.9 Å². The van der Waals surface area contributed by atoms with E-state index in [2.05, 4.69) is 20.5 Å². The van der Waals surface area contributed by atoms with Crippen LogP contribution in [0.25, 0.3) is 0 Å². The molecule has 0 unspecified atom stereocenters. The molecule has 0 spiro atoms. The molecule has 0 radical (unpaired) electrons. The van der Waals surface area contributed by atoms with Gasteiger partial charge in [0.15, 0.2) is 0 Å². The predicted octanol–water partition coefficient (Wildman–Crippen LogP) is 2.41. The largest absolute Gasteiger partial charge is 0.382 e. The molecule has 1 amide bonds. The first-order valence-corrected chi connectivity index (χ1v) is 9.10. The molecule has 138 valence electrons. The summed E-state index contributed by atoms with van der Waals surface area (Å²) >= 11 is 5.87. The fourth-order valence-electron chi connectivity index (χ4n) is 2.73. The van der Waals surface area contributed by atoms with Crippen molar-refractivity contribution in [2.45, 2.75) is 6.54 Å². The summed E-state index contributed by atoms with van der Waals surface area (Å²) in [4.78, 5) is 18.8. The molecular weight excluding hydrogens is 352 g/mol. The van der Waals surface area contributed by atoms with E-state index in [1.54, 1.807) is 12.4 Å². The molecule has 2 heterocycles. The van der Waals surface area contributed by atoms with Crippen molar-refractivity contribution in [2.24, 2.45) is 0 Å². The van der Waals surface area contributed by atoms with Crippen LogP contribution in [0.1, 0.15) is 15.9 Å². The number of ether oxygens (including phenoxy) is 1. The number of nitrogens with one attached hydrogen (secondary N) is 2. The molecule has 0 saturated carbocycles. The monoisotopic (exact) mass is 374 g/mol. The highest BCUT2D eigenvalue weighted by molar-refractivity contribution is 6.30. The van der Waals surface area contributed by atoms with Crippen LogP contribution in [0.2, 0.25) is 5.02 Å². The van der Waals surface area contributed by atoms with Crippen molar-refractivity contribution in [3.63, 3.8) is 0 Å². The molecule has 0 bridgehead atoms. The van der Waals surface area contributed by atoms with E-state index in [-0.39, 0.29) is 5.91 Å². The van der Waals surface area contributed by atoms with Crippen LogP contribution in [-0.2, 0) is 11.3 Å². The fraction of sp³-hybridized carbons (Fsp3) is 0.368. The minimum atomic E-state index is -0.149.